The van der Waals surface area contributed by atoms with Gasteiger partial charge in [0, 0.05) is 24.6 Å². The Morgan fingerprint density at radius 1 is 1.15 bits per heavy atom. The van der Waals surface area contributed by atoms with Crippen molar-refractivity contribution in [1.82, 2.24) is 9.88 Å². The molecule has 6 heteroatoms. The van der Waals surface area contributed by atoms with Crippen molar-refractivity contribution in [2.24, 2.45) is 5.92 Å². The van der Waals surface area contributed by atoms with Gasteiger partial charge in [-0.05, 0) is 30.7 Å². The van der Waals surface area contributed by atoms with E-state index in [1.807, 2.05) is 43.3 Å². The number of hydrogen-bond donors (Lipinski definition) is 1. The van der Waals surface area contributed by atoms with Gasteiger partial charge in [-0.3, -0.25) is 9.59 Å². The number of rotatable bonds is 3. The lowest BCUT2D eigenvalue weighted by molar-refractivity contribution is -0.141. The Labute approximate surface area is 154 Å². The van der Waals surface area contributed by atoms with Crippen LogP contribution in [0.4, 0.5) is 0 Å². The molecule has 1 N–H and O–H groups in total. The van der Waals surface area contributed by atoms with Crippen LogP contribution >= 0.6 is 11.3 Å². The second-order valence-electron chi connectivity index (χ2n) is 6.59. The summed E-state index contributed by atoms with van der Waals surface area (Å²) < 4.78 is 1.05. The van der Waals surface area contributed by atoms with Gasteiger partial charge in [0.05, 0.1) is 21.1 Å². The molecule has 26 heavy (non-hydrogen) atoms. The smallest absolute Gasteiger partial charge is 0.308 e. The number of nitrogens with zero attached hydrogens (tertiary/aromatic N) is 2. The van der Waals surface area contributed by atoms with Crippen molar-refractivity contribution in [3.8, 4) is 0 Å². The summed E-state index contributed by atoms with van der Waals surface area (Å²) in [6.07, 6.45) is 0. The Morgan fingerprint density at radius 3 is 2.65 bits per heavy atom. The zero-order valence-electron chi connectivity index (χ0n) is 14.3. The van der Waals surface area contributed by atoms with Crippen LogP contribution in [0.15, 0.2) is 48.5 Å². The number of likely N-dealkylation sites (tertiary alicyclic amines) is 1. The minimum absolute atomic E-state index is 0.137. The molecule has 1 aliphatic rings. The monoisotopic (exact) mass is 366 g/mol. The van der Waals surface area contributed by atoms with Gasteiger partial charge >= 0.3 is 5.97 Å². The van der Waals surface area contributed by atoms with Gasteiger partial charge in [0.2, 0.25) is 0 Å². The summed E-state index contributed by atoms with van der Waals surface area (Å²) in [5, 5.41) is 10.6. The van der Waals surface area contributed by atoms with Gasteiger partial charge in [0.15, 0.2) is 0 Å². The molecule has 1 saturated heterocycles. The summed E-state index contributed by atoms with van der Waals surface area (Å²) in [5.74, 6) is -1.78. The third-order valence-corrected chi connectivity index (χ3v) is 5.85. The zero-order valence-corrected chi connectivity index (χ0v) is 15.1. The molecule has 132 valence electrons. The lowest BCUT2D eigenvalue weighted by Crippen LogP contribution is -2.29. The molecular formula is C20H18N2O3S. The molecule has 0 unspecified atom stereocenters. The summed E-state index contributed by atoms with van der Waals surface area (Å²) >= 11 is 1.59. The maximum absolute atomic E-state index is 13.0. The fourth-order valence-electron chi connectivity index (χ4n) is 3.62. The van der Waals surface area contributed by atoms with Crippen LogP contribution in [0.25, 0.3) is 10.2 Å². The molecule has 1 amide bonds. The van der Waals surface area contributed by atoms with Crippen molar-refractivity contribution in [3.63, 3.8) is 0 Å². The maximum Gasteiger partial charge on any atom is 0.308 e. The van der Waals surface area contributed by atoms with Crippen molar-refractivity contribution in [2.45, 2.75) is 12.8 Å². The number of carbonyl (C=O) groups excluding carboxylic acids is 1. The minimum Gasteiger partial charge on any atom is -0.481 e. The van der Waals surface area contributed by atoms with Crippen LogP contribution in [0.3, 0.4) is 0 Å². The number of hydrogen-bond acceptors (Lipinski definition) is 4. The van der Waals surface area contributed by atoms with Crippen molar-refractivity contribution < 1.29 is 14.7 Å². The quantitative estimate of drug-likeness (QED) is 0.770. The fourth-order valence-corrected chi connectivity index (χ4v) is 4.42. The van der Waals surface area contributed by atoms with E-state index in [9.17, 15) is 14.7 Å². The van der Waals surface area contributed by atoms with Gasteiger partial charge in [-0.25, -0.2) is 4.98 Å². The molecule has 0 radical (unpaired) electrons. The van der Waals surface area contributed by atoms with E-state index < -0.39 is 11.9 Å². The topological polar surface area (TPSA) is 70.5 Å². The van der Waals surface area contributed by atoms with Crippen LogP contribution in [0, 0.1) is 12.8 Å². The average Bonchev–Trinajstić information content (AvgIpc) is 3.24. The highest BCUT2D eigenvalue weighted by atomic mass is 32.1. The lowest BCUT2D eigenvalue weighted by atomic mass is 9.89. The third kappa shape index (κ3) is 2.97. The van der Waals surface area contributed by atoms with E-state index in [-0.39, 0.29) is 18.4 Å². The standard InChI is InChI=1S/C20H18N2O3S/c1-12-21-17-9-14(7-8-18(17)26-12)19(23)22-10-15(16(11-22)20(24)25)13-5-3-2-4-6-13/h2-9,15-16H,10-11H2,1H3,(H,24,25)/t15-,16+/m1/s1. The van der Waals surface area contributed by atoms with E-state index in [0.29, 0.717) is 12.1 Å². The summed E-state index contributed by atoms with van der Waals surface area (Å²) in [7, 11) is 0. The number of carboxylic acids is 1. The van der Waals surface area contributed by atoms with Gasteiger partial charge in [-0.1, -0.05) is 30.3 Å². The zero-order chi connectivity index (χ0) is 18.3. The molecular weight excluding hydrogens is 348 g/mol. The number of aryl methyl sites for hydroxylation is 1. The number of aromatic nitrogens is 1. The van der Waals surface area contributed by atoms with Gasteiger partial charge in [0.25, 0.3) is 5.91 Å². The van der Waals surface area contributed by atoms with Crippen LogP contribution in [-0.4, -0.2) is 40.0 Å². The highest BCUT2D eigenvalue weighted by Gasteiger charge is 2.40. The molecule has 0 bridgehead atoms. The number of fused-ring (bicyclic) bond motifs is 1. The van der Waals surface area contributed by atoms with Crippen LogP contribution in [-0.2, 0) is 4.79 Å². The van der Waals surface area contributed by atoms with E-state index >= 15 is 0 Å². The predicted molar refractivity (Wildman–Crippen MR) is 101 cm³/mol. The van der Waals surface area contributed by atoms with Crippen LogP contribution in [0.2, 0.25) is 0 Å². The highest BCUT2D eigenvalue weighted by Crippen LogP contribution is 2.34. The predicted octanol–water partition coefficient (Wildman–Crippen LogP) is 3.55. The number of aliphatic carboxylic acids is 1. The molecule has 1 aliphatic heterocycles. The highest BCUT2D eigenvalue weighted by molar-refractivity contribution is 7.18. The van der Waals surface area contributed by atoms with Crippen LogP contribution in [0.5, 0.6) is 0 Å². The Bertz CT molecular complexity index is 983. The van der Waals surface area contributed by atoms with Gasteiger partial charge < -0.3 is 10.0 Å². The first kappa shape index (κ1) is 16.7. The van der Waals surface area contributed by atoms with E-state index in [0.717, 1.165) is 20.8 Å². The number of thiazole rings is 1. The summed E-state index contributed by atoms with van der Waals surface area (Å²) in [6, 6.07) is 15.1. The second-order valence-corrected chi connectivity index (χ2v) is 7.82. The number of benzene rings is 2. The second kappa shape index (κ2) is 6.53. The van der Waals surface area contributed by atoms with Crippen molar-refractivity contribution >= 4 is 33.4 Å². The van der Waals surface area contributed by atoms with Crippen molar-refractivity contribution in [1.29, 1.82) is 0 Å². The molecule has 5 nitrogen and oxygen atoms in total. The normalized spacial score (nSPS) is 19.8. The number of carbonyl (C=O) groups is 2. The largest absolute Gasteiger partial charge is 0.481 e. The van der Waals surface area contributed by atoms with E-state index in [4.69, 9.17) is 0 Å². The van der Waals surface area contributed by atoms with Crippen LogP contribution < -0.4 is 0 Å². The van der Waals surface area contributed by atoms with E-state index in [2.05, 4.69) is 4.98 Å². The third-order valence-electron chi connectivity index (χ3n) is 4.89. The first-order chi connectivity index (χ1) is 12.5. The minimum atomic E-state index is -0.861. The number of carboxylic acid groups (broad SMARTS) is 1. The molecule has 0 spiro atoms. The Hall–Kier alpha value is -2.73. The van der Waals surface area contributed by atoms with Gasteiger partial charge in [-0.15, -0.1) is 11.3 Å². The molecule has 2 atom stereocenters. The van der Waals surface area contributed by atoms with Crippen molar-refractivity contribution in [2.75, 3.05) is 13.1 Å². The summed E-state index contributed by atoms with van der Waals surface area (Å²) in [5.41, 5.74) is 2.33. The summed E-state index contributed by atoms with van der Waals surface area (Å²) in [6.45, 7) is 2.57. The van der Waals surface area contributed by atoms with Gasteiger partial charge in [0.1, 0.15) is 0 Å². The fraction of sp³-hybridized carbons (Fsp3) is 0.250. The molecule has 2 aromatic carbocycles. The molecule has 1 fully saturated rings. The summed E-state index contributed by atoms with van der Waals surface area (Å²) in [4.78, 5) is 30.8. The Balaban J connectivity index is 1.62. The SMILES string of the molecule is Cc1nc2cc(C(=O)N3C[C@H](C(=O)O)[C@@H](c4ccccc4)C3)ccc2s1. The Morgan fingerprint density at radius 2 is 1.92 bits per heavy atom. The molecule has 4 rings (SSSR count). The van der Waals surface area contributed by atoms with Crippen LogP contribution in [0.1, 0.15) is 26.8 Å². The molecule has 0 saturated carbocycles. The molecule has 3 aromatic rings. The molecule has 0 aliphatic carbocycles. The number of amides is 1. The van der Waals surface area contributed by atoms with E-state index in [1.54, 1.807) is 28.4 Å². The Kier molecular flexibility index (Phi) is 4.20. The first-order valence-corrected chi connectivity index (χ1v) is 9.29. The van der Waals surface area contributed by atoms with E-state index in [1.165, 1.54) is 0 Å². The first-order valence-electron chi connectivity index (χ1n) is 8.47. The lowest BCUT2D eigenvalue weighted by Gasteiger charge is -2.16. The van der Waals surface area contributed by atoms with Gasteiger partial charge in [-0.2, -0.15) is 0 Å². The molecule has 2 heterocycles. The average molecular weight is 366 g/mol. The van der Waals surface area contributed by atoms with Crippen molar-refractivity contribution in [3.05, 3.63) is 64.7 Å². The molecule has 1 aromatic heterocycles. The maximum atomic E-state index is 13.0.